The molecule has 0 saturated carbocycles. The Morgan fingerprint density at radius 1 is 0.964 bits per heavy atom. The van der Waals surface area contributed by atoms with Crippen molar-refractivity contribution in [3.8, 4) is 0 Å². The molecule has 0 amide bonds. The molecule has 1 fully saturated rings. The van der Waals surface area contributed by atoms with Gasteiger partial charge in [0, 0.05) is 35.9 Å². The number of fused-ring (bicyclic) bond motifs is 1. The lowest BCUT2D eigenvalue weighted by Gasteiger charge is -2.27. The van der Waals surface area contributed by atoms with Crippen molar-refractivity contribution in [2.24, 2.45) is 5.92 Å². The molecular formula is C23H22N2O3. The van der Waals surface area contributed by atoms with Gasteiger partial charge in [0.2, 0.25) is 5.78 Å². The first-order chi connectivity index (χ1) is 13.7. The number of piperidine rings is 1. The Balaban J connectivity index is 1.58. The summed E-state index contributed by atoms with van der Waals surface area (Å²) in [5.41, 5.74) is 4.20. The number of aromatic nitrogens is 1. The molecule has 1 saturated heterocycles. The van der Waals surface area contributed by atoms with Crippen LogP contribution in [0, 0.1) is 5.92 Å². The molecule has 0 radical (unpaired) electrons. The van der Waals surface area contributed by atoms with Gasteiger partial charge in [-0.2, -0.15) is 0 Å². The average molecular weight is 374 g/mol. The highest BCUT2D eigenvalue weighted by atomic mass is 16.5. The van der Waals surface area contributed by atoms with E-state index < -0.39 is 6.10 Å². The molecule has 5 rings (SSSR count). The number of aryl methyl sites for hydroxylation is 1. The lowest BCUT2D eigenvalue weighted by molar-refractivity contribution is -0.122. The quantitative estimate of drug-likeness (QED) is 0.894. The highest BCUT2D eigenvalue weighted by molar-refractivity contribution is 6.31. The van der Waals surface area contributed by atoms with Gasteiger partial charge in [-0.15, -0.1) is 0 Å². The van der Waals surface area contributed by atoms with Gasteiger partial charge < -0.3 is 10.1 Å². The normalized spacial score (nSPS) is 22.5. The number of nitrogens with one attached hydrogen (secondary N) is 1. The predicted octanol–water partition coefficient (Wildman–Crippen LogP) is 3.05. The fourth-order valence-corrected chi connectivity index (χ4v) is 4.55. The van der Waals surface area contributed by atoms with Crippen molar-refractivity contribution in [1.82, 2.24) is 10.3 Å². The third kappa shape index (κ3) is 2.87. The molecule has 1 unspecified atom stereocenters. The molecule has 1 aliphatic carbocycles. The van der Waals surface area contributed by atoms with Gasteiger partial charge in [0.1, 0.15) is 5.76 Å². The Morgan fingerprint density at radius 3 is 2.54 bits per heavy atom. The van der Waals surface area contributed by atoms with Crippen LogP contribution in [0.25, 0.3) is 11.3 Å². The van der Waals surface area contributed by atoms with Gasteiger partial charge in [-0.1, -0.05) is 12.1 Å². The number of rotatable bonds is 3. The summed E-state index contributed by atoms with van der Waals surface area (Å²) in [4.78, 5) is 29.5. The van der Waals surface area contributed by atoms with Crippen LogP contribution in [0.5, 0.6) is 0 Å². The molecule has 0 spiro atoms. The SMILES string of the molecule is O=C1CCc2cc(C3=C(c4ccncc4)C(=O)C(C4CCNCC4)O3)ccc21. The summed E-state index contributed by atoms with van der Waals surface area (Å²) in [6.45, 7) is 1.83. The minimum Gasteiger partial charge on any atom is -0.481 e. The van der Waals surface area contributed by atoms with Crippen LogP contribution in [0.3, 0.4) is 0 Å². The van der Waals surface area contributed by atoms with Crippen LogP contribution in [-0.2, 0) is 16.0 Å². The van der Waals surface area contributed by atoms with Crippen molar-refractivity contribution in [2.75, 3.05) is 13.1 Å². The number of carbonyl (C=O) groups excluding carboxylic acids is 2. The summed E-state index contributed by atoms with van der Waals surface area (Å²) in [7, 11) is 0. The van der Waals surface area contributed by atoms with Crippen molar-refractivity contribution < 1.29 is 14.3 Å². The van der Waals surface area contributed by atoms with Crippen LogP contribution in [0.2, 0.25) is 0 Å². The van der Waals surface area contributed by atoms with Crippen molar-refractivity contribution in [3.05, 3.63) is 65.0 Å². The van der Waals surface area contributed by atoms with Gasteiger partial charge in [0.25, 0.3) is 0 Å². The Morgan fingerprint density at radius 2 is 1.75 bits per heavy atom. The Labute approximate surface area is 163 Å². The van der Waals surface area contributed by atoms with Crippen LogP contribution in [0.15, 0.2) is 42.7 Å². The van der Waals surface area contributed by atoms with E-state index in [1.165, 1.54) is 0 Å². The van der Waals surface area contributed by atoms with Crippen molar-refractivity contribution in [3.63, 3.8) is 0 Å². The lowest BCUT2D eigenvalue weighted by atomic mass is 9.87. The van der Waals surface area contributed by atoms with Crippen molar-refractivity contribution in [1.29, 1.82) is 0 Å². The van der Waals surface area contributed by atoms with Crippen LogP contribution >= 0.6 is 0 Å². The summed E-state index contributed by atoms with van der Waals surface area (Å²) < 4.78 is 6.35. The molecule has 3 aliphatic rings. The summed E-state index contributed by atoms with van der Waals surface area (Å²) >= 11 is 0. The largest absolute Gasteiger partial charge is 0.481 e. The Bertz CT molecular complexity index is 975. The van der Waals surface area contributed by atoms with Gasteiger partial charge in [-0.3, -0.25) is 14.6 Å². The number of hydrogen-bond acceptors (Lipinski definition) is 5. The zero-order valence-electron chi connectivity index (χ0n) is 15.6. The number of ether oxygens (including phenoxy) is 1. The van der Waals surface area contributed by atoms with Gasteiger partial charge in [0.15, 0.2) is 11.9 Å². The zero-order valence-corrected chi connectivity index (χ0v) is 15.6. The summed E-state index contributed by atoms with van der Waals surface area (Å²) in [5, 5.41) is 3.35. The Kier molecular flexibility index (Phi) is 4.32. The summed E-state index contributed by atoms with van der Waals surface area (Å²) in [6.07, 6.45) is 6.16. The number of carbonyl (C=O) groups is 2. The molecule has 5 nitrogen and oxygen atoms in total. The first-order valence-corrected chi connectivity index (χ1v) is 9.95. The number of hydrogen-bond donors (Lipinski definition) is 1. The molecule has 2 aromatic rings. The van der Waals surface area contributed by atoms with E-state index in [1.54, 1.807) is 12.4 Å². The third-order valence-corrected chi connectivity index (χ3v) is 6.05. The van der Waals surface area contributed by atoms with E-state index in [1.807, 2.05) is 30.3 Å². The molecule has 1 N–H and O–H groups in total. The van der Waals surface area contributed by atoms with E-state index in [0.29, 0.717) is 17.8 Å². The first-order valence-electron chi connectivity index (χ1n) is 9.95. The molecule has 142 valence electrons. The Hall–Kier alpha value is -2.79. The molecule has 5 heteroatoms. The molecule has 0 bridgehead atoms. The zero-order chi connectivity index (χ0) is 19.1. The maximum atomic E-state index is 13.4. The van der Waals surface area contributed by atoms with Crippen LogP contribution in [0.1, 0.15) is 46.3 Å². The first kappa shape index (κ1) is 17.3. The second kappa shape index (κ2) is 6.99. The van der Waals surface area contributed by atoms with Crippen LogP contribution < -0.4 is 5.32 Å². The van der Waals surface area contributed by atoms with Gasteiger partial charge in [-0.25, -0.2) is 0 Å². The number of ketones is 2. The molecule has 2 aliphatic heterocycles. The smallest absolute Gasteiger partial charge is 0.207 e. The highest BCUT2D eigenvalue weighted by Gasteiger charge is 2.41. The van der Waals surface area contributed by atoms with Gasteiger partial charge >= 0.3 is 0 Å². The van der Waals surface area contributed by atoms with E-state index in [4.69, 9.17) is 4.74 Å². The third-order valence-electron chi connectivity index (χ3n) is 6.05. The second-order valence-electron chi connectivity index (χ2n) is 7.73. The van der Waals surface area contributed by atoms with Crippen molar-refractivity contribution in [2.45, 2.75) is 31.8 Å². The predicted molar refractivity (Wildman–Crippen MR) is 106 cm³/mol. The lowest BCUT2D eigenvalue weighted by Crippen LogP contribution is -2.37. The summed E-state index contributed by atoms with van der Waals surface area (Å²) in [5.74, 6) is 1.12. The molecule has 1 atom stereocenters. The van der Waals surface area contributed by atoms with E-state index in [0.717, 1.165) is 54.6 Å². The topological polar surface area (TPSA) is 68.3 Å². The molecule has 3 heterocycles. The van der Waals surface area contributed by atoms with Crippen molar-refractivity contribution >= 4 is 22.9 Å². The maximum Gasteiger partial charge on any atom is 0.207 e. The monoisotopic (exact) mass is 374 g/mol. The fourth-order valence-electron chi connectivity index (χ4n) is 4.55. The number of benzene rings is 1. The average Bonchev–Trinajstić information content (AvgIpc) is 3.29. The molecule has 28 heavy (non-hydrogen) atoms. The minimum atomic E-state index is -0.435. The molecule has 1 aromatic heterocycles. The highest BCUT2D eigenvalue weighted by Crippen LogP contribution is 2.41. The van der Waals surface area contributed by atoms with E-state index >= 15 is 0 Å². The van der Waals surface area contributed by atoms with Crippen LogP contribution in [0.4, 0.5) is 0 Å². The van der Waals surface area contributed by atoms with Crippen LogP contribution in [-0.4, -0.2) is 35.7 Å². The molecular weight excluding hydrogens is 352 g/mol. The number of nitrogens with zero attached hydrogens (tertiary/aromatic N) is 1. The van der Waals surface area contributed by atoms with E-state index in [-0.39, 0.29) is 17.5 Å². The van der Waals surface area contributed by atoms with E-state index in [9.17, 15) is 9.59 Å². The number of pyridine rings is 1. The minimum absolute atomic E-state index is 0.0599. The molecule has 1 aromatic carbocycles. The maximum absolute atomic E-state index is 13.4. The van der Waals surface area contributed by atoms with Gasteiger partial charge in [0.05, 0.1) is 5.57 Å². The van der Waals surface area contributed by atoms with E-state index in [2.05, 4.69) is 10.3 Å². The van der Waals surface area contributed by atoms with Gasteiger partial charge in [-0.05, 0) is 61.7 Å². The fraction of sp³-hybridized carbons (Fsp3) is 0.348. The standard InChI is InChI=1S/C23H22N2O3/c26-19-4-2-16-13-17(1-3-18(16)19)22-20(14-5-9-24-10-6-14)21(27)23(28-22)15-7-11-25-12-8-15/h1,3,5-6,9-10,13,15,23,25H,2,4,7-8,11-12H2. The number of Topliss-reactive ketones (excluding diaryl/α,β-unsaturated/α-hetero) is 2. The second-order valence-corrected chi connectivity index (χ2v) is 7.73. The summed E-state index contributed by atoms with van der Waals surface area (Å²) in [6, 6.07) is 9.53.